The Morgan fingerprint density at radius 3 is 1.89 bits per heavy atom. The number of hydrogen-bond acceptors (Lipinski definition) is 5. The molecule has 1 unspecified atom stereocenters. The van der Waals surface area contributed by atoms with E-state index in [1.165, 1.54) is 11.8 Å². The van der Waals surface area contributed by atoms with Crippen LogP contribution in [0.3, 0.4) is 0 Å². The van der Waals surface area contributed by atoms with Gasteiger partial charge in [-0.3, -0.25) is 4.79 Å². The number of nitrogens with zero attached hydrogens (tertiary/aromatic N) is 2. The minimum atomic E-state index is -3.75. The molecule has 1 atom stereocenters. The van der Waals surface area contributed by atoms with E-state index < -0.39 is 31.2 Å². The van der Waals surface area contributed by atoms with E-state index in [4.69, 9.17) is 5.14 Å². The van der Waals surface area contributed by atoms with Gasteiger partial charge in [0.2, 0.25) is 5.91 Å². The van der Waals surface area contributed by atoms with Crippen LogP contribution in [0.2, 0.25) is 0 Å². The SMILES string of the molecule is CC(C(=O)N1CCN(S(N)(=O)=O)CC1)S(C)(=O)=O. The van der Waals surface area contributed by atoms with E-state index in [9.17, 15) is 21.6 Å². The van der Waals surface area contributed by atoms with Crippen molar-refractivity contribution in [2.45, 2.75) is 12.2 Å². The molecule has 10 heteroatoms. The van der Waals surface area contributed by atoms with Gasteiger partial charge < -0.3 is 4.90 Å². The molecule has 2 N–H and O–H groups in total. The number of hydrogen-bond donors (Lipinski definition) is 1. The third-order valence-electron chi connectivity index (χ3n) is 2.90. The molecule has 0 aromatic heterocycles. The summed E-state index contributed by atoms with van der Waals surface area (Å²) >= 11 is 0. The highest BCUT2D eigenvalue weighted by atomic mass is 32.2. The van der Waals surface area contributed by atoms with Crippen LogP contribution in [-0.4, -0.2) is 69.6 Å². The number of carbonyl (C=O) groups is 1. The zero-order chi connectivity index (χ0) is 14.1. The van der Waals surface area contributed by atoms with Crippen LogP contribution in [0.4, 0.5) is 0 Å². The fourth-order valence-corrected chi connectivity index (χ4v) is 2.79. The van der Waals surface area contributed by atoms with Crippen LogP contribution >= 0.6 is 0 Å². The Labute approximate surface area is 107 Å². The molecule has 0 radical (unpaired) electrons. The molecule has 1 rings (SSSR count). The minimum Gasteiger partial charge on any atom is -0.339 e. The molecule has 106 valence electrons. The molecule has 18 heavy (non-hydrogen) atoms. The monoisotopic (exact) mass is 299 g/mol. The van der Waals surface area contributed by atoms with Crippen LogP contribution in [0.25, 0.3) is 0 Å². The maximum atomic E-state index is 11.8. The van der Waals surface area contributed by atoms with E-state index in [0.29, 0.717) is 0 Å². The molecule has 1 saturated heterocycles. The number of nitrogens with two attached hydrogens (primary N) is 1. The molecule has 1 heterocycles. The van der Waals surface area contributed by atoms with E-state index in [2.05, 4.69) is 0 Å². The standard InChI is InChI=1S/C8H17N3O5S2/c1-7(17(2,13)14)8(12)10-3-5-11(6-4-10)18(9,15)16/h7H,3-6H2,1-2H3,(H2,9,15,16). The lowest BCUT2D eigenvalue weighted by molar-refractivity contribution is -0.131. The Morgan fingerprint density at radius 2 is 1.56 bits per heavy atom. The van der Waals surface area contributed by atoms with Crippen LogP contribution in [-0.2, 0) is 24.8 Å². The average Bonchev–Trinajstić information content (AvgIpc) is 2.25. The molecule has 0 aromatic rings. The zero-order valence-electron chi connectivity index (χ0n) is 10.2. The highest BCUT2D eigenvalue weighted by Gasteiger charge is 2.32. The fourth-order valence-electron chi connectivity index (χ4n) is 1.60. The molecule has 0 bridgehead atoms. The van der Waals surface area contributed by atoms with Gasteiger partial charge in [0, 0.05) is 32.4 Å². The lowest BCUT2D eigenvalue weighted by Gasteiger charge is -2.34. The van der Waals surface area contributed by atoms with Gasteiger partial charge >= 0.3 is 0 Å². The predicted octanol–water partition coefficient (Wildman–Crippen LogP) is -2.23. The van der Waals surface area contributed by atoms with Gasteiger partial charge in [0.15, 0.2) is 9.84 Å². The molecule has 8 nitrogen and oxygen atoms in total. The summed E-state index contributed by atoms with van der Waals surface area (Å²) in [7, 11) is -7.19. The highest BCUT2D eigenvalue weighted by molar-refractivity contribution is 7.92. The summed E-state index contributed by atoms with van der Waals surface area (Å²) in [5.74, 6) is -0.508. The first-order valence-corrected chi connectivity index (χ1v) is 8.75. The van der Waals surface area contributed by atoms with Crippen molar-refractivity contribution < 1.29 is 21.6 Å². The van der Waals surface area contributed by atoms with Crippen LogP contribution in [0.15, 0.2) is 0 Å². The van der Waals surface area contributed by atoms with Crippen molar-refractivity contribution in [3.8, 4) is 0 Å². The second-order valence-electron chi connectivity index (χ2n) is 4.24. The third-order valence-corrected chi connectivity index (χ3v) is 5.47. The van der Waals surface area contributed by atoms with Gasteiger partial charge in [-0.25, -0.2) is 13.6 Å². The van der Waals surface area contributed by atoms with Crippen molar-refractivity contribution in [1.82, 2.24) is 9.21 Å². The van der Waals surface area contributed by atoms with Gasteiger partial charge in [-0.15, -0.1) is 0 Å². The minimum absolute atomic E-state index is 0.0844. The van der Waals surface area contributed by atoms with E-state index in [1.807, 2.05) is 0 Å². The largest absolute Gasteiger partial charge is 0.339 e. The lowest BCUT2D eigenvalue weighted by Crippen LogP contribution is -2.54. The molecule has 1 amide bonds. The summed E-state index contributed by atoms with van der Waals surface area (Å²) in [5.41, 5.74) is 0. The zero-order valence-corrected chi connectivity index (χ0v) is 11.9. The average molecular weight is 299 g/mol. The van der Waals surface area contributed by atoms with Crippen molar-refractivity contribution in [1.29, 1.82) is 0 Å². The highest BCUT2D eigenvalue weighted by Crippen LogP contribution is 2.09. The van der Waals surface area contributed by atoms with E-state index in [1.54, 1.807) is 0 Å². The fraction of sp³-hybridized carbons (Fsp3) is 0.875. The number of piperazine rings is 1. The van der Waals surface area contributed by atoms with Crippen LogP contribution in [0.1, 0.15) is 6.92 Å². The van der Waals surface area contributed by atoms with Gasteiger partial charge in [0.1, 0.15) is 5.25 Å². The lowest BCUT2D eigenvalue weighted by atomic mass is 10.3. The molecule has 1 aliphatic heterocycles. The normalized spacial score (nSPS) is 20.7. The first kappa shape index (κ1) is 15.3. The summed E-state index contributed by atoms with van der Waals surface area (Å²) in [5, 5.41) is 3.85. The Kier molecular flexibility index (Phi) is 4.36. The van der Waals surface area contributed by atoms with Crippen molar-refractivity contribution in [3.63, 3.8) is 0 Å². The number of sulfone groups is 1. The molecular weight excluding hydrogens is 282 g/mol. The van der Waals surface area contributed by atoms with Gasteiger partial charge in [-0.05, 0) is 6.92 Å². The second kappa shape index (κ2) is 5.11. The Morgan fingerprint density at radius 1 is 1.11 bits per heavy atom. The van der Waals surface area contributed by atoms with Gasteiger partial charge in [0.05, 0.1) is 0 Å². The predicted molar refractivity (Wildman–Crippen MR) is 65.6 cm³/mol. The quantitative estimate of drug-likeness (QED) is 0.632. The van der Waals surface area contributed by atoms with Crippen molar-refractivity contribution in [3.05, 3.63) is 0 Å². The topological polar surface area (TPSA) is 118 Å². The number of carbonyl (C=O) groups excluding carboxylic acids is 1. The van der Waals surface area contributed by atoms with Crippen molar-refractivity contribution in [2.75, 3.05) is 32.4 Å². The number of amides is 1. The first-order chi connectivity index (χ1) is 8.03. The Hall–Kier alpha value is -0.710. The molecular formula is C8H17N3O5S2. The van der Waals surface area contributed by atoms with E-state index >= 15 is 0 Å². The molecule has 0 aliphatic carbocycles. The van der Waals surface area contributed by atoms with Gasteiger partial charge in [-0.1, -0.05) is 0 Å². The Bertz CT molecular complexity index is 519. The third kappa shape index (κ3) is 3.64. The summed E-state index contributed by atoms with van der Waals surface area (Å²) in [6, 6.07) is 0. The maximum absolute atomic E-state index is 11.8. The number of rotatable bonds is 3. The van der Waals surface area contributed by atoms with Crippen LogP contribution < -0.4 is 5.14 Å². The van der Waals surface area contributed by atoms with Crippen molar-refractivity contribution in [2.24, 2.45) is 5.14 Å². The van der Waals surface area contributed by atoms with Crippen LogP contribution in [0.5, 0.6) is 0 Å². The van der Waals surface area contributed by atoms with Crippen molar-refractivity contribution >= 4 is 26.0 Å². The van der Waals surface area contributed by atoms with E-state index in [-0.39, 0.29) is 26.2 Å². The Balaban J connectivity index is 2.67. The maximum Gasteiger partial charge on any atom is 0.277 e. The van der Waals surface area contributed by atoms with Gasteiger partial charge in [0.25, 0.3) is 10.2 Å². The molecule has 1 aliphatic rings. The summed E-state index contributed by atoms with van der Waals surface area (Å²) in [4.78, 5) is 13.2. The summed E-state index contributed by atoms with van der Waals surface area (Å²) in [6.45, 7) is 1.79. The molecule has 0 aromatic carbocycles. The second-order valence-corrected chi connectivity index (χ2v) is 8.15. The summed E-state index contributed by atoms with van der Waals surface area (Å²) in [6.07, 6.45) is 0.996. The van der Waals surface area contributed by atoms with Crippen LogP contribution in [0, 0.1) is 0 Å². The first-order valence-electron chi connectivity index (χ1n) is 5.29. The molecule has 1 fully saturated rings. The van der Waals surface area contributed by atoms with E-state index in [0.717, 1.165) is 10.6 Å². The summed E-state index contributed by atoms with van der Waals surface area (Å²) < 4.78 is 45.7. The van der Waals surface area contributed by atoms with Gasteiger partial charge in [-0.2, -0.15) is 12.7 Å². The molecule has 0 spiro atoms. The molecule has 0 saturated carbocycles. The smallest absolute Gasteiger partial charge is 0.277 e.